The summed E-state index contributed by atoms with van der Waals surface area (Å²) in [5.41, 5.74) is 1.97. The first-order valence-corrected chi connectivity index (χ1v) is 6.28. The molecule has 0 amide bonds. The van der Waals surface area contributed by atoms with E-state index in [0.29, 0.717) is 24.6 Å². The van der Waals surface area contributed by atoms with Gasteiger partial charge in [0, 0.05) is 18.8 Å². The molecule has 0 saturated carbocycles. The Bertz CT molecular complexity index is 695. The number of aromatic hydroxyl groups is 1. The van der Waals surface area contributed by atoms with Gasteiger partial charge in [0.1, 0.15) is 5.75 Å². The van der Waals surface area contributed by atoms with E-state index in [9.17, 15) is 5.11 Å². The fourth-order valence-electron chi connectivity index (χ4n) is 1.96. The van der Waals surface area contributed by atoms with Gasteiger partial charge in [-0.05, 0) is 29.3 Å². The van der Waals surface area contributed by atoms with E-state index < -0.39 is 0 Å². The Kier molecular flexibility index (Phi) is 3.41. The maximum atomic E-state index is 9.42. The first-order valence-electron chi connectivity index (χ1n) is 6.28. The molecule has 1 N–H and O–H groups in total. The van der Waals surface area contributed by atoms with Gasteiger partial charge >= 0.3 is 0 Å². The minimum Gasteiger partial charge on any atom is -0.508 e. The summed E-state index contributed by atoms with van der Waals surface area (Å²) in [7, 11) is 0. The number of benzene rings is 1. The zero-order valence-electron chi connectivity index (χ0n) is 10.7. The normalized spacial score (nSPS) is 10.6. The minimum atomic E-state index is 0.234. The van der Waals surface area contributed by atoms with Crippen LogP contribution in [0.25, 0.3) is 0 Å². The summed E-state index contributed by atoms with van der Waals surface area (Å²) in [6.07, 6.45) is 4.62. The smallest absolute Gasteiger partial charge is 0.231 e. The highest BCUT2D eigenvalue weighted by Gasteiger charge is 2.08. The molecule has 3 aromatic rings. The van der Waals surface area contributed by atoms with Gasteiger partial charge in [-0.1, -0.05) is 23.4 Å². The van der Waals surface area contributed by atoms with Gasteiger partial charge in [0.05, 0.1) is 6.42 Å². The molecule has 0 bridgehead atoms. The fraction of sp³-hybridized carbons (Fsp3) is 0.133. The van der Waals surface area contributed by atoms with E-state index in [-0.39, 0.29) is 5.75 Å². The molecular formula is C15H13N3O2. The lowest BCUT2D eigenvalue weighted by Crippen LogP contribution is -1.92. The van der Waals surface area contributed by atoms with Crippen LogP contribution in [0.1, 0.15) is 22.8 Å². The number of pyridine rings is 1. The van der Waals surface area contributed by atoms with Crippen LogP contribution in [0.2, 0.25) is 0 Å². The molecule has 0 spiro atoms. The molecular weight excluding hydrogens is 254 g/mol. The molecule has 20 heavy (non-hydrogen) atoms. The Labute approximate surface area is 115 Å². The molecule has 0 saturated heterocycles. The van der Waals surface area contributed by atoms with E-state index in [1.165, 1.54) is 0 Å². The Morgan fingerprint density at radius 1 is 1.05 bits per heavy atom. The first kappa shape index (κ1) is 12.3. The van der Waals surface area contributed by atoms with E-state index in [1.807, 2.05) is 18.2 Å². The molecule has 0 aliphatic carbocycles. The van der Waals surface area contributed by atoms with Crippen LogP contribution in [0.4, 0.5) is 0 Å². The Morgan fingerprint density at radius 2 is 1.95 bits per heavy atom. The molecule has 0 radical (unpaired) electrons. The van der Waals surface area contributed by atoms with Crippen LogP contribution in [0, 0.1) is 0 Å². The third-order valence-electron chi connectivity index (χ3n) is 2.86. The number of rotatable bonds is 4. The van der Waals surface area contributed by atoms with Crippen LogP contribution in [0.3, 0.4) is 0 Å². The molecule has 100 valence electrons. The molecule has 0 atom stereocenters. The van der Waals surface area contributed by atoms with Gasteiger partial charge in [0.2, 0.25) is 5.89 Å². The number of hydrogen-bond donors (Lipinski definition) is 1. The minimum absolute atomic E-state index is 0.234. The Balaban J connectivity index is 1.71. The van der Waals surface area contributed by atoms with E-state index in [4.69, 9.17) is 4.52 Å². The van der Waals surface area contributed by atoms with Crippen molar-refractivity contribution in [2.24, 2.45) is 0 Å². The summed E-state index contributed by atoms with van der Waals surface area (Å²) in [6, 6.07) is 10.9. The Hall–Kier alpha value is -2.69. The predicted molar refractivity (Wildman–Crippen MR) is 72.3 cm³/mol. The second kappa shape index (κ2) is 5.52. The standard InChI is InChI=1S/C15H13N3O2/c19-13-5-1-3-11(7-13)9-15-17-14(18-20-15)8-12-4-2-6-16-10-12/h1-7,10,19H,8-9H2. The summed E-state index contributed by atoms with van der Waals surface area (Å²) in [4.78, 5) is 8.39. The van der Waals surface area contributed by atoms with Crippen LogP contribution >= 0.6 is 0 Å². The number of phenolic OH excluding ortho intramolecular Hbond substituents is 1. The average Bonchev–Trinajstić information content (AvgIpc) is 2.87. The second-order valence-corrected chi connectivity index (χ2v) is 4.49. The lowest BCUT2D eigenvalue weighted by Gasteiger charge is -1.97. The number of hydrogen-bond acceptors (Lipinski definition) is 5. The molecule has 2 aromatic heterocycles. The van der Waals surface area contributed by atoms with Gasteiger partial charge in [0.25, 0.3) is 0 Å². The molecule has 0 aliphatic rings. The zero-order valence-corrected chi connectivity index (χ0v) is 10.7. The predicted octanol–water partition coefficient (Wildman–Crippen LogP) is 2.35. The SMILES string of the molecule is Oc1cccc(Cc2nc(Cc3cccnc3)no2)c1. The van der Waals surface area contributed by atoms with Crippen molar-refractivity contribution in [1.29, 1.82) is 0 Å². The lowest BCUT2D eigenvalue weighted by atomic mass is 10.1. The van der Waals surface area contributed by atoms with E-state index in [2.05, 4.69) is 15.1 Å². The van der Waals surface area contributed by atoms with Crippen molar-refractivity contribution in [1.82, 2.24) is 15.1 Å². The maximum Gasteiger partial charge on any atom is 0.231 e. The summed E-state index contributed by atoms with van der Waals surface area (Å²) in [5, 5.41) is 13.4. The first-order chi connectivity index (χ1) is 9.79. The van der Waals surface area contributed by atoms with Crippen molar-refractivity contribution >= 4 is 0 Å². The van der Waals surface area contributed by atoms with Crippen molar-refractivity contribution in [2.45, 2.75) is 12.8 Å². The van der Waals surface area contributed by atoms with Gasteiger partial charge in [-0.15, -0.1) is 0 Å². The van der Waals surface area contributed by atoms with Crippen molar-refractivity contribution in [3.8, 4) is 5.75 Å². The summed E-state index contributed by atoms with van der Waals surface area (Å²) < 4.78 is 5.22. The van der Waals surface area contributed by atoms with Gasteiger partial charge in [0.15, 0.2) is 5.82 Å². The Morgan fingerprint density at radius 3 is 2.75 bits per heavy atom. The monoisotopic (exact) mass is 267 g/mol. The van der Waals surface area contributed by atoms with Crippen molar-refractivity contribution in [2.75, 3.05) is 0 Å². The summed E-state index contributed by atoms with van der Waals surface area (Å²) in [5.74, 6) is 1.40. The van der Waals surface area contributed by atoms with Crippen LogP contribution in [0.5, 0.6) is 5.75 Å². The zero-order chi connectivity index (χ0) is 13.8. The summed E-state index contributed by atoms with van der Waals surface area (Å²) >= 11 is 0. The molecule has 1 aromatic carbocycles. The van der Waals surface area contributed by atoms with Gasteiger partial charge in [-0.25, -0.2) is 0 Å². The van der Waals surface area contributed by atoms with Crippen molar-refractivity contribution in [3.63, 3.8) is 0 Å². The number of nitrogens with zero attached hydrogens (tertiary/aromatic N) is 3. The third-order valence-corrected chi connectivity index (χ3v) is 2.86. The molecule has 3 rings (SSSR count). The maximum absolute atomic E-state index is 9.42. The van der Waals surface area contributed by atoms with Crippen molar-refractivity contribution in [3.05, 3.63) is 71.6 Å². The van der Waals surface area contributed by atoms with E-state index in [1.54, 1.807) is 30.6 Å². The number of phenols is 1. The van der Waals surface area contributed by atoms with Gasteiger partial charge < -0.3 is 9.63 Å². The topological polar surface area (TPSA) is 72.0 Å². The second-order valence-electron chi connectivity index (χ2n) is 4.49. The fourth-order valence-corrected chi connectivity index (χ4v) is 1.96. The molecule has 2 heterocycles. The highest BCUT2D eigenvalue weighted by Crippen LogP contribution is 2.14. The quantitative estimate of drug-likeness (QED) is 0.785. The molecule has 0 aliphatic heterocycles. The van der Waals surface area contributed by atoms with Crippen LogP contribution in [0.15, 0.2) is 53.3 Å². The van der Waals surface area contributed by atoms with Gasteiger partial charge in [-0.3, -0.25) is 4.98 Å². The highest BCUT2D eigenvalue weighted by atomic mass is 16.5. The molecule has 0 unspecified atom stereocenters. The largest absolute Gasteiger partial charge is 0.508 e. The molecule has 5 heteroatoms. The van der Waals surface area contributed by atoms with Crippen LogP contribution in [-0.2, 0) is 12.8 Å². The average molecular weight is 267 g/mol. The highest BCUT2D eigenvalue weighted by molar-refractivity contribution is 5.28. The van der Waals surface area contributed by atoms with Gasteiger partial charge in [-0.2, -0.15) is 4.98 Å². The van der Waals surface area contributed by atoms with Crippen molar-refractivity contribution < 1.29 is 9.63 Å². The summed E-state index contributed by atoms with van der Waals surface area (Å²) in [6.45, 7) is 0. The van der Waals surface area contributed by atoms with Crippen LogP contribution in [-0.4, -0.2) is 20.2 Å². The third kappa shape index (κ3) is 3.00. The van der Waals surface area contributed by atoms with E-state index >= 15 is 0 Å². The molecule has 0 fully saturated rings. The lowest BCUT2D eigenvalue weighted by molar-refractivity contribution is 0.380. The molecule has 5 nitrogen and oxygen atoms in total. The number of aromatic nitrogens is 3. The van der Waals surface area contributed by atoms with Crippen LogP contribution < -0.4 is 0 Å². The van der Waals surface area contributed by atoms with E-state index in [0.717, 1.165) is 11.1 Å².